The van der Waals surface area contributed by atoms with E-state index < -0.39 is 0 Å². The van der Waals surface area contributed by atoms with Crippen molar-refractivity contribution >= 4 is 12.6 Å². The van der Waals surface area contributed by atoms with Crippen LogP contribution in [-0.2, 0) is 0 Å². The maximum atomic E-state index is 4.41. The molecular weight excluding hydrogens is 152 g/mol. The Morgan fingerprint density at radius 2 is 2.45 bits per heavy atom. The predicted octanol–water partition coefficient (Wildman–Crippen LogP) is 3.44. The quantitative estimate of drug-likeness (QED) is 0.476. The number of thiol groups is 1. The summed E-state index contributed by atoms with van der Waals surface area (Å²) in [6.07, 6.45) is 7.66. The van der Waals surface area contributed by atoms with E-state index in [1.807, 2.05) is 0 Å². The van der Waals surface area contributed by atoms with Crippen LogP contribution in [0.25, 0.3) is 0 Å². The molecular formula is C10H18S. The SMILES string of the molecule is CC1=CCC(CC(C)S)CC1. The van der Waals surface area contributed by atoms with Gasteiger partial charge in [-0.2, -0.15) is 12.6 Å². The van der Waals surface area contributed by atoms with E-state index in [0.29, 0.717) is 5.25 Å². The fourth-order valence-corrected chi connectivity index (χ4v) is 2.01. The van der Waals surface area contributed by atoms with Crippen molar-refractivity contribution < 1.29 is 0 Å². The zero-order valence-corrected chi connectivity index (χ0v) is 8.40. The second-order valence-electron chi connectivity index (χ2n) is 3.78. The molecule has 1 aliphatic carbocycles. The van der Waals surface area contributed by atoms with Crippen LogP contribution in [0.5, 0.6) is 0 Å². The average Bonchev–Trinajstić information content (AvgIpc) is 1.93. The van der Waals surface area contributed by atoms with Gasteiger partial charge in [0.05, 0.1) is 0 Å². The number of hydrogen-bond donors (Lipinski definition) is 1. The monoisotopic (exact) mass is 170 g/mol. The van der Waals surface area contributed by atoms with Crippen LogP contribution in [0.4, 0.5) is 0 Å². The molecule has 0 saturated carbocycles. The molecule has 0 amide bonds. The molecule has 1 aliphatic rings. The smallest absolute Gasteiger partial charge is 0.000884 e. The molecule has 0 radical (unpaired) electrons. The molecule has 1 rings (SSSR count). The van der Waals surface area contributed by atoms with E-state index in [-0.39, 0.29) is 0 Å². The van der Waals surface area contributed by atoms with Crippen LogP contribution in [0.2, 0.25) is 0 Å². The Kier molecular flexibility index (Phi) is 3.50. The van der Waals surface area contributed by atoms with E-state index in [1.165, 1.54) is 25.7 Å². The number of allylic oxidation sites excluding steroid dienone is 2. The highest BCUT2D eigenvalue weighted by molar-refractivity contribution is 7.80. The largest absolute Gasteiger partial charge is 0.176 e. The number of hydrogen-bond acceptors (Lipinski definition) is 1. The molecule has 2 unspecified atom stereocenters. The Morgan fingerprint density at radius 1 is 1.73 bits per heavy atom. The molecule has 0 N–H and O–H groups in total. The summed E-state index contributed by atoms with van der Waals surface area (Å²) in [6, 6.07) is 0. The summed E-state index contributed by atoms with van der Waals surface area (Å²) in [7, 11) is 0. The van der Waals surface area contributed by atoms with Crippen LogP contribution < -0.4 is 0 Å². The minimum absolute atomic E-state index is 0.576. The van der Waals surface area contributed by atoms with Gasteiger partial charge in [-0.3, -0.25) is 0 Å². The van der Waals surface area contributed by atoms with Gasteiger partial charge in [0.2, 0.25) is 0 Å². The molecule has 0 spiro atoms. The maximum Gasteiger partial charge on any atom is -0.000884 e. The number of rotatable bonds is 2. The molecule has 11 heavy (non-hydrogen) atoms. The highest BCUT2D eigenvalue weighted by atomic mass is 32.1. The van der Waals surface area contributed by atoms with Crippen LogP contribution in [0.15, 0.2) is 11.6 Å². The van der Waals surface area contributed by atoms with Crippen molar-refractivity contribution in [3.63, 3.8) is 0 Å². The first-order chi connectivity index (χ1) is 5.18. The average molecular weight is 170 g/mol. The summed E-state index contributed by atoms with van der Waals surface area (Å²) in [5, 5.41) is 0.576. The molecule has 1 heteroatoms. The molecule has 0 saturated heterocycles. The van der Waals surface area contributed by atoms with Gasteiger partial charge in [-0.1, -0.05) is 18.6 Å². The van der Waals surface area contributed by atoms with Crippen molar-refractivity contribution in [3.05, 3.63) is 11.6 Å². The summed E-state index contributed by atoms with van der Waals surface area (Å²) < 4.78 is 0. The molecule has 0 fully saturated rings. The lowest BCUT2D eigenvalue weighted by Crippen LogP contribution is -2.09. The molecule has 0 heterocycles. The minimum Gasteiger partial charge on any atom is -0.176 e. The summed E-state index contributed by atoms with van der Waals surface area (Å²) in [5.74, 6) is 0.909. The zero-order valence-electron chi connectivity index (χ0n) is 7.51. The van der Waals surface area contributed by atoms with Gasteiger partial charge in [0.1, 0.15) is 0 Å². The van der Waals surface area contributed by atoms with Crippen molar-refractivity contribution in [1.29, 1.82) is 0 Å². The third kappa shape index (κ3) is 3.33. The molecule has 2 atom stereocenters. The van der Waals surface area contributed by atoms with E-state index in [9.17, 15) is 0 Å². The second kappa shape index (κ2) is 4.20. The van der Waals surface area contributed by atoms with Crippen molar-refractivity contribution in [2.24, 2.45) is 5.92 Å². The first-order valence-electron chi connectivity index (χ1n) is 4.52. The van der Waals surface area contributed by atoms with Gasteiger partial charge in [-0.25, -0.2) is 0 Å². The fraction of sp³-hybridized carbons (Fsp3) is 0.800. The lowest BCUT2D eigenvalue weighted by molar-refractivity contribution is 0.438. The topological polar surface area (TPSA) is 0 Å². The summed E-state index contributed by atoms with van der Waals surface area (Å²) in [5.41, 5.74) is 1.58. The zero-order chi connectivity index (χ0) is 8.27. The van der Waals surface area contributed by atoms with Crippen molar-refractivity contribution in [1.82, 2.24) is 0 Å². The van der Waals surface area contributed by atoms with E-state index in [0.717, 1.165) is 5.92 Å². The Bertz CT molecular complexity index is 147. The fourth-order valence-electron chi connectivity index (χ4n) is 1.72. The Morgan fingerprint density at radius 3 is 2.91 bits per heavy atom. The van der Waals surface area contributed by atoms with Crippen LogP contribution >= 0.6 is 12.6 Å². The van der Waals surface area contributed by atoms with Crippen molar-refractivity contribution in [3.8, 4) is 0 Å². The molecule has 0 nitrogen and oxygen atoms in total. The Labute approximate surface area is 75.5 Å². The van der Waals surface area contributed by atoms with Crippen LogP contribution in [0.3, 0.4) is 0 Å². The van der Waals surface area contributed by atoms with E-state index in [1.54, 1.807) is 5.57 Å². The van der Waals surface area contributed by atoms with Gasteiger partial charge < -0.3 is 0 Å². The van der Waals surface area contributed by atoms with Crippen LogP contribution in [0, 0.1) is 5.92 Å². The van der Waals surface area contributed by atoms with Gasteiger partial charge in [-0.05, 0) is 43.8 Å². The maximum absolute atomic E-state index is 4.41. The first-order valence-corrected chi connectivity index (χ1v) is 5.04. The first kappa shape index (κ1) is 9.18. The standard InChI is InChI=1S/C10H18S/c1-8-3-5-10(6-4-8)7-9(2)11/h3,9-11H,4-7H2,1-2H3. The molecule has 0 bridgehead atoms. The highest BCUT2D eigenvalue weighted by Crippen LogP contribution is 2.27. The summed E-state index contributed by atoms with van der Waals surface area (Å²) in [6.45, 7) is 4.43. The van der Waals surface area contributed by atoms with E-state index >= 15 is 0 Å². The van der Waals surface area contributed by atoms with Crippen LogP contribution in [-0.4, -0.2) is 5.25 Å². The Hall–Kier alpha value is 0.0900. The highest BCUT2D eigenvalue weighted by Gasteiger charge is 2.13. The molecule has 0 aliphatic heterocycles. The lowest BCUT2D eigenvalue weighted by Gasteiger charge is -2.21. The molecule has 0 aromatic carbocycles. The van der Waals surface area contributed by atoms with Crippen LogP contribution in [0.1, 0.15) is 39.5 Å². The van der Waals surface area contributed by atoms with Gasteiger partial charge in [0.15, 0.2) is 0 Å². The summed E-state index contributed by atoms with van der Waals surface area (Å²) >= 11 is 4.41. The second-order valence-corrected chi connectivity index (χ2v) is 4.66. The van der Waals surface area contributed by atoms with E-state index in [2.05, 4.69) is 32.6 Å². The van der Waals surface area contributed by atoms with Gasteiger partial charge in [0, 0.05) is 0 Å². The lowest BCUT2D eigenvalue weighted by atomic mass is 9.87. The predicted molar refractivity (Wildman–Crippen MR) is 54.2 cm³/mol. The van der Waals surface area contributed by atoms with Gasteiger partial charge >= 0.3 is 0 Å². The van der Waals surface area contributed by atoms with Gasteiger partial charge in [-0.15, -0.1) is 0 Å². The van der Waals surface area contributed by atoms with Crippen molar-refractivity contribution in [2.75, 3.05) is 0 Å². The van der Waals surface area contributed by atoms with Crippen molar-refractivity contribution in [2.45, 2.75) is 44.8 Å². The third-order valence-corrected chi connectivity index (χ3v) is 2.63. The molecule has 0 aromatic rings. The minimum atomic E-state index is 0.576. The third-order valence-electron chi connectivity index (χ3n) is 2.42. The van der Waals surface area contributed by atoms with E-state index in [4.69, 9.17) is 0 Å². The molecule has 64 valence electrons. The van der Waals surface area contributed by atoms with Gasteiger partial charge in [0.25, 0.3) is 0 Å². The normalized spacial score (nSPS) is 27.9. The summed E-state index contributed by atoms with van der Waals surface area (Å²) in [4.78, 5) is 0. The molecule has 0 aromatic heterocycles. The Balaban J connectivity index is 2.29.